The third-order valence-electron chi connectivity index (χ3n) is 1.13. The van der Waals surface area contributed by atoms with Gasteiger partial charge in [-0.3, -0.25) is 0 Å². The van der Waals surface area contributed by atoms with Crippen molar-refractivity contribution in [3.8, 4) is 11.8 Å². The summed E-state index contributed by atoms with van der Waals surface area (Å²) in [5.74, 6) is 7.14. The summed E-state index contributed by atoms with van der Waals surface area (Å²) in [6.07, 6.45) is 1.90. The molecule has 0 amide bonds. The minimum atomic E-state index is 1.11. The predicted octanol–water partition coefficient (Wildman–Crippen LogP) is 3.37. The van der Waals surface area contributed by atoms with Crippen LogP contribution >= 0.6 is 23.1 Å². The number of hydrogen-bond acceptors (Lipinski definition) is 2. The summed E-state index contributed by atoms with van der Waals surface area (Å²) in [5, 5.41) is 4.06. The molecule has 0 aromatic carbocycles. The van der Waals surface area contributed by atoms with E-state index >= 15 is 0 Å². The van der Waals surface area contributed by atoms with Crippen molar-refractivity contribution < 1.29 is 0 Å². The Balaban J connectivity index is 2.39. The van der Waals surface area contributed by atoms with Crippen LogP contribution in [0, 0.1) is 11.8 Å². The van der Waals surface area contributed by atoms with Gasteiger partial charge in [0.1, 0.15) is 0 Å². The van der Waals surface area contributed by atoms with Gasteiger partial charge in [-0.1, -0.05) is 24.8 Å². The van der Waals surface area contributed by atoms with E-state index in [1.54, 1.807) is 23.1 Å². The summed E-state index contributed by atoms with van der Waals surface area (Å²) in [6.45, 7) is 2.13. The molecule has 12 heavy (non-hydrogen) atoms. The molecule has 1 aromatic heterocycles. The van der Waals surface area contributed by atoms with E-state index < -0.39 is 0 Å². The predicted molar refractivity (Wildman–Crippen MR) is 58.5 cm³/mol. The van der Waals surface area contributed by atoms with E-state index in [0.29, 0.717) is 0 Å². The Hall–Kier alpha value is -0.650. The second kappa shape index (κ2) is 5.93. The maximum absolute atomic E-state index is 3.05. The van der Waals surface area contributed by atoms with Gasteiger partial charge in [0.25, 0.3) is 0 Å². The van der Waals surface area contributed by atoms with Crippen molar-refractivity contribution in [3.05, 3.63) is 33.9 Å². The van der Waals surface area contributed by atoms with Gasteiger partial charge < -0.3 is 0 Å². The molecule has 0 atom stereocenters. The first kappa shape index (κ1) is 9.44. The minimum Gasteiger partial charge on any atom is -0.135 e. The Morgan fingerprint density at radius 2 is 2.58 bits per heavy atom. The lowest BCUT2D eigenvalue weighted by Gasteiger charge is -1.78. The quantitative estimate of drug-likeness (QED) is 0.650. The van der Waals surface area contributed by atoms with Crippen LogP contribution < -0.4 is 0 Å². The average Bonchev–Trinajstić information content (AvgIpc) is 2.57. The Kier molecular flexibility index (Phi) is 4.67. The van der Waals surface area contributed by atoms with Crippen LogP contribution in [0.5, 0.6) is 0 Å². The molecule has 0 aliphatic heterocycles. The van der Waals surface area contributed by atoms with Gasteiger partial charge in [-0.25, -0.2) is 0 Å². The fraction of sp³-hybridized carbons (Fsp3) is 0.200. The van der Waals surface area contributed by atoms with E-state index in [1.165, 1.54) is 0 Å². The number of allylic oxidation sites excluding steroid dienone is 1. The highest BCUT2D eigenvalue weighted by Crippen LogP contribution is 2.05. The van der Waals surface area contributed by atoms with Gasteiger partial charge in [-0.05, 0) is 28.7 Å². The van der Waals surface area contributed by atoms with E-state index in [1.807, 2.05) is 29.0 Å². The van der Waals surface area contributed by atoms with E-state index in [9.17, 15) is 0 Å². The Labute approximate surface area is 81.7 Å². The Bertz CT molecular complexity index is 285. The summed E-state index contributed by atoms with van der Waals surface area (Å²) in [7, 11) is 0. The summed E-state index contributed by atoms with van der Waals surface area (Å²) >= 11 is 3.44. The lowest BCUT2D eigenvalue weighted by Crippen LogP contribution is -1.59. The van der Waals surface area contributed by atoms with Gasteiger partial charge in [-0.15, -0.1) is 23.1 Å². The molecule has 0 bridgehead atoms. The Morgan fingerprint density at radius 1 is 1.67 bits per heavy atom. The minimum absolute atomic E-state index is 1.11. The molecule has 0 spiro atoms. The van der Waals surface area contributed by atoms with Crippen LogP contribution in [0.1, 0.15) is 11.8 Å². The van der Waals surface area contributed by atoms with Gasteiger partial charge in [-0.2, -0.15) is 0 Å². The van der Waals surface area contributed by atoms with Gasteiger partial charge in [0.15, 0.2) is 0 Å². The van der Waals surface area contributed by atoms with Gasteiger partial charge >= 0.3 is 0 Å². The first-order chi connectivity index (χ1) is 5.93. The molecule has 0 N–H and O–H groups in total. The van der Waals surface area contributed by atoms with E-state index in [0.717, 1.165) is 10.6 Å². The third-order valence-corrected chi connectivity index (χ3v) is 2.58. The highest BCUT2D eigenvalue weighted by Gasteiger charge is 1.81. The van der Waals surface area contributed by atoms with Gasteiger partial charge in [0.2, 0.25) is 0 Å². The highest BCUT2D eigenvalue weighted by atomic mass is 32.2. The van der Waals surface area contributed by atoms with Crippen molar-refractivity contribution in [1.82, 2.24) is 0 Å². The second-order valence-corrected chi connectivity index (χ2v) is 4.14. The number of hydrogen-bond donors (Lipinski definition) is 0. The van der Waals surface area contributed by atoms with E-state index in [-0.39, 0.29) is 0 Å². The van der Waals surface area contributed by atoms with Gasteiger partial charge in [0, 0.05) is 0 Å². The van der Waals surface area contributed by atoms with Crippen molar-refractivity contribution in [2.24, 2.45) is 0 Å². The normalized spacial score (nSPS) is 9.75. The standard InChI is InChI=1S/C10H10S2/c1-2-11-8-4-3-6-10-7-5-9-12-10/h4-5,7-9H,2H2,1H3/b8-4+. The van der Waals surface area contributed by atoms with Crippen LogP contribution in [0.2, 0.25) is 0 Å². The lowest BCUT2D eigenvalue weighted by atomic mass is 10.4. The Morgan fingerprint density at radius 3 is 3.25 bits per heavy atom. The largest absolute Gasteiger partial charge is 0.135 e. The lowest BCUT2D eigenvalue weighted by molar-refractivity contribution is 1.54. The second-order valence-electron chi connectivity index (χ2n) is 2.00. The molecular weight excluding hydrogens is 184 g/mol. The maximum Gasteiger partial charge on any atom is 0.0771 e. The van der Waals surface area contributed by atoms with Crippen molar-refractivity contribution in [1.29, 1.82) is 0 Å². The summed E-state index contributed by atoms with van der Waals surface area (Å²) in [5.41, 5.74) is 0. The molecule has 1 heterocycles. The average molecular weight is 194 g/mol. The van der Waals surface area contributed by atoms with E-state index in [4.69, 9.17) is 0 Å². The number of thioether (sulfide) groups is 1. The molecule has 2 heteroatoms. The topological polar surface area (TPSA) is 0 Å². The van der Waals surface area contributed by atoms with Crippen LogP contribution in [0.25, 0.3) is 0 Å². The van der Waals surface area contributed by atoms with E-state index in [2.05, 4.69) is 18.8 Å². The monoisotopic (exact) mass is 194 g/mol. The fourth-order valence-electron chi connectivity index (χ4n) is 0.641. The SMILES string of the molecule is CCS/C=C/C#Cc1cccs1. The molecule has 0 nitrogen and oxygen atoms in total. The molecule has 0 aliphatic rings. The van der Waals surface area contributed by atoms with Crippen LogP contribution in [-0.2, 0) is 0 Å². The van der Waals surface area contributed by atoms with Crippen molar-refractivity contribution in [2.75, 3.05) is 5.75 Å². The van der Waals surface area contributed by atoms with Crippen LogP contribution in [0.4, 0.5) is 0 Å². The molecule has 0 unspecified atom stereocenters. The third kappa shape index (κ3) is 3.66. The molecule has 0 saturated carbocycles. The van der Waals surface area contributed by atoms with Crippen LogP contribution in [-0.4, -0.2) is 5.75 Å². The fourth-order valence-corrected chi connectivity index (χ4v) is 1.58. The molecule has 0 fully saturated rings. The van der Waals surface area contributed by atoms with Crippen molar-refractivity contribution in [2.45, 2.75) is 6.92 Å². The molecule has 1 aromatic rings. The first-order valence-corrected chi connectivity index (χ1v) is 5.68. The smallest absolute Gasteiger partial charge is 0.0771 e. The molecule has 1 rings (SSSR count). The molecule has 62 valence electrons. The molecule has 0 saturated heterocycles. The summed E-state index contributed by atoms with van der Waals surface area (Å²) in [4.78, 5) is 1.13. The molecule has 0 radical (unpaired) electrons. The van der Waals surface area contributed by atoms with Crippen molar-refractivity contribution in [3.63, 3.8) is 0 Å². The number of thiophene rings is 1. The van der Waals surface area contributed by atoms with Crippen molar-refractivity contribution >= 4 is 23.1 Å². The molecule has 0 aliphatic carbocycles. The number of rotatable bonds is 2. The van der Waals surface area contributed by atoms with Crippen LogP contribution in [0.3, 0.4) is 0 Å². The maximum atomic E-state index is 3.05. The zero-order valence-electron chi connectivity index (χ0n) is 6.91. The highest BCUT2D eigenvalue weighted by molar-refractivity contribution is 8.02. The zero-order valence-corrected chi connectivity index (χ0v) is 8.54. The van der Waals surface area contributed by atoms with Gasteiger partial charge in [0.05, 0.1) is 4.88 Å². The first-order valence-electron chi connectivity index (χ1n) is 3.75. The van der Waals surface area contributed by atoms with Crippen LogP contribution in [0.15, 0.2) is 29.0 Å². The summed E-state index contributed by atoms with van der Waals surface area (Å²) < 4.78 is 0. The summed E-state index contributed by atoms with van der Waals surface area (Å²) in [6, 6.07) is 4.04. The molecular formula is C10H10S2. The zero-order chi connectivity index (χ0) is 8.65.